The van der Waals surface area contributed by atoms with E-state index in [9.17, 15) is 0 Å². The van der Waals surface area contributed by atoms with Crippen molar-refractivity contribution >= 4 is 33.9 Å². The SMILES string of the molecule is CCCNC(CC)c1nnc(-c2csc(I)c2)o1. The number of hydrogen-bond acceptors (Lipinski definition) is 5. The summed E-state index contributed by atoms with van der Waals surface area (Å²) >= 11 is 3.97. The summed E-state index contributed by atoms with van der Waals surface area (Å²) in [5.74, 6) is 1.29. The van der Waals surface area contributed by atoms with E-state index in [1.807, 2.05) is 5.38 Å². The van der Waals surface area contributed by atoms with Gasteiger partial charge in [-0.1, -0.05) is 13.8 Å². The molecule has 98 valence electrons. The molecule has 0 aliphatic heterocycles. The van der Waals surface area contributed by atoms with Gasteiger partial charge >= 0.3 is 0 Å². The standard InChI is InChI=1S/C12H16IN3OS/c1-3-5-14-9(4-2)12-16-15-11(17-12)8-6-10(13)18-7-8/h6-7,9,14H,3-5H2,1-2H3. The number of nitrogens with one attached hydrogen (secondary N) is 1. The van der Waals surface area contributed by atoms with E-state index < -0.39 is 0 Å². The molecule has 4 nitrogen and oxygen atoms in total. The van der Waals surface area contributed by atoms with Gasteiger partial charge in [0.2, 0.25) is 11.8 Å². The molecule has 2 aromatic heterocycles. The fourth-order valence-electron chi connectivity index (χ4n) is 1.64. The van der Waals surface area contributed by atoms with Crippen molar-refractivity contribution in [2.45, 2.75) is 32.7 Å². The monoisotopic (exact) mass is 377 g/mol. The average Bonchev–Trinajstić information content (AvgIpc) is 2.99. The van der Waals surface area contributed by atoms with E-state index in [-0.39, 0.29) is 6.04 Å². The van der Waals surface area contributed by atoms with Crippen molar-refractivity contribution in [3.05, 3.63) is 20.2 Å². The minimum absolute atomic E-state index is 0.156. The van der Waals surface area contributed by atoms with Crippen molar-refractivity contribution in [1.82, 2.24) is 15.5 Å². The summed E-state index contributed by atoms with van der Waals surface area (Å²) < 4.78 is 6.97. The Balaban J connectivity index is 2.13. The third-order valence-corrected chi connectivity index (χ3v) is 4.39. The Hall–Kier alpha value is -0.470. The molecule has 0 saturated carbocycles. The Morgan fingerprint density at radius 1 is 1.44 bits per heavy atom. The lowest BCUT2D eigenvalue weighted by Crippen LogP contribution is -2.21. The molecule has 0 amide bonds. The summed E-state index contributed by atoms with van der Waals surface area (Å²) in [6, 6.07) is 2.21. The van der Waals surface area contributed by atoms with Gasteiger partial charge in [-0.15, -0.1) is 21.5 Å². The van der Waals surface area contributed by atoms with Gasteiger partial charge in [-0.05, 0) is 48.0 Å². The van der Waals surface area contributed by atoms with Crippen LogP contribution < -0.4 is 5.32 Å². The van der Waals surface area contributed by atoms with Crippen LogP contribution in [-0.4, -0.2) is 16.7 Å². The normalized spacial score (nSPS) is 12.8. The van der Waals surface area contributed by atoms with Crippen LogP contribution in [0.25, 0.3) is 11.5 Å². The van der Waals surface area contributed by atoms with E-state index in [1.54, 1.807) is 11.3 Å². The molecule has 18 heavy (non-hydrogen) atoms. The molecular weight excluding hydrogens is 361 g/mol. The van der Waals surface area contributed by atoms with Crippen LogP contribution in [0.15, 0.2) is 15.9 Å². The van der Waals surface area contributed by atoms with Gasteiger partial charge in [-0.3, -0.25) is 0 Å². The second-order valence-electron chi connectivity index (χ2n) is 4.00. The molecule has 0 aliphatic rings. The molecule has 0 saturated heterocycles. The van der Waals surface area contributed by atoms with Gasteiger partial charge in [-0.2, -0.15) is 0 Å². The van der Waals surface area contributed by atoms with Crippen molar-refractivity contribution in [2.24, 2.45) is 0 Å². The zero-order valence-electron chi connectivity index (χ0n) is 10.4. The number of rotatable bonds is 6. The molecule has 0 bridgehead atoms. The number of hydrogen-bond donors (Lipinski definition) is 1. The van der Waals surface area contributed by atoms with Crippen molar-refractivity contribution in [3.63, 3.8) is 0 Å². The van der Waals surface area contributed by atoms with Gasteiger partial charge in [0, 0.05) is 5.38 Å². The third-order valence-electron chi connectivity index (χ3n) is 2.60. The Morgan fingerprint density at radius 3 is 2.89 bits per heavy atom. The largest absolute Gasteiger partial charge is 0.419 e. The van der Waals surface area contributed by atoms with Crippen LogP contribution in [-0.2, 0) is 0 Å². The lowest BCUT2D eigenvalue weighted by atomic mass is 10.2. The predicted octanol–water partition coefficient (Wildman–Crippen LogP) is 3.85. The number of thiophene rings is 1. The maximum absolute atomic E-state index is 5.75. The predicted molar refractivity (Wildman–Crippen MR) is 81.7 cm³/mol. The Labute approximate surface area is 124 Å². The Kier molecular flexibility index (Phi) is 5.13. The fraction of sp³-hybridized carbons (Fsp3) is 0.500. The molecule has 0 aliphatic carbocycles. The number of halogens is 1. The molecule has 2 aromatic rings. The van der Waals surface area contributed by atoms with E-state index >= 15 is 0 Å². The molecule has 0 fully saturated rings. The number of aromatic nitrogens is 2. The van der Waals surface area contributed by atoms with E-state index in [4.69, 9.17) is 4.42 Å². The lowest BCUT2D eigenvalue weighted by molar-refractivity contribution is 0.396. The minimum atomic E-state index is 0.156. The van der Waals surface area contributed by atoms with Gasteiger partial charge < -0.3 is 9.73 Å². The first kappa shape index (κ1) is 14.0. The van der Waals surface area contributed by atoms with Crippen LogP contribution in [0.3, 0.4) is 0 Å². The molecule has 1 atom stereocenters. The summed E-state index contributed by atoms with van der Waals surface area (Å²) in [7, 11) is 0. The van der Waals surface area contributed by atoms with Gasteiger partial charge in [0.1, 0.15) is 0 Å². The first-order valence-electron chi connectivity index (χ1n) is 6.05. The summed E-state index contributed by atoms with van der Waals surface area (Å²) in [6.45, 7) is 5.23. The average molecular weight is 377 g/mol. The van der Waals surface area contributed by atoms with Crippen molar-refractivity contribution < 1.29 is 4.42 Å². The molecule has 0 aromatic carbocycles. The molecule has 6 heteroatoms. The molecule has 0 spiro atoms. The van der Waals surface area contributed by atoms with E-state index in [2.05, 4.69) is 58.0 Å². The van der Waals surface area contributed by atoms with E-state index in [1.165, 1.54) is 2.88 Å². The van der Waals surface area contributed by atoms with Gasteiger partial charge in [0.25, 0.3) is 0 Å². The zero-order valence-corrected chi connectivity index (χ0v) is 13.4. The molecule has 1 N–H and O–H groups in total. The number of nitrogens with zero attached hydrogens (tertiary/aromatic N) is 2. The highest BCUT2D eigenvalue weighted by atomic mass is 127. The van der Waals surface area contributed by atoms with Gasteiger partial charge in [0.05, 0.1) is 14.5 Å². The molecule has 2 rings (SSSR count). The quantitative estimate of drug-likeness (QED) is 0.777. The maximum atomic E-state index is 5.75. The summed E-state index contributed by atoms with van der Waals surface area (Å²) in [5.41, 5.74) is 1.01. The summed E-state index contributed by atoms with van der Waals surface area (Å²) in [4.78, 5) is 0. The first-order valence-corrected chi connectivity index (χ1v) is 8.01. The topological polar surface area (TPSA) is 51.0 Å². The van der Waals surface area contributed by atoms with E-state index in [0.29, 0.717) is 11.8 Å². The minimum Gasteiger partial charge on any atom is -0.419 e. The summed E-state index contributed by atoms with van der Waals surface area (Å²) in [5, 5.41) is 13.7. The third kappa shape index (κ3) is 3.30. The maximum Gasteiger partial charge on any atom is 0.248 e. The highest BCUT2D eigenvalue weighted by Crippen LogP contribution is 2.27. The second kappa shape index (κ2) is 6.63. The van der Waals surface area contributed by atoms with Gasteiger partial charge in [-0.25, -0.2) is 0 Å². The first-order chi connectivity index (χ1) is 8.74. The van der Waals surface area contributed by atoms with Gasteiger partial charge in [0.15, 0.2) is 0 Å². The molecule has 0 radical (unpaired) electrons. The van der Waals surface area contributed by atoms with Crippen molar-refractivity contribution in [2.75, 3.05) is 6.54 Å². The van der Waals surface area contributed by atoms with Crippen LogP contribution >= 0.6 is 33.9 Å². The second-order valence-corrected chi connectivity index (χ2v) is 6.81. The highest BCUT2D eigenvalue weighted by molar-refractivity contribution is 14.1. The molecule has 2 heterocycles. The van der Waals surface area contributed by atoms with E-state index in [0.717, 1.165) is 24.9 Å². The van der Waals surface area contributed by atoms with Crippen LogP contribution in [0.5, 0.6) is 0 Å². The lowest BCUT2D eigenvalue weighted by Gasteiger charge is -2.11. The highest BCUT2D eigenvalue weighted by Gasteiger charge is 2.17. The summed E-state index contributed by atoms with van der Waals surface area (Å²) in [6.07, 6.45) is 2.04. The van der Waals surface area contributed by atoms with Crippen LogP contribution in [0.1, 0.15) is 38.6 Å². The van der Waals surface area contributed by atoms with Crippen LogP contribution in [0.2, 0.25) is 0 Å². The van der Waals surface area contributed by atoms with Crippen molar-refractivity contribution in [3.8, 4) is 11.5 Å². The Bertz CT molecular complexity index is 497. The zero-order chi connectivity index (χ0) is 13.0. The van der Waals surface area contributed by atoms with Crippen LogP contribution in [0.4, 0.5) is 0 Å². The fourth-order valence-corrected chi connectivity index (χ4v) is 2.96. The van der Waals surface area contributed by atoms with Crippen LogP contribution in [0, 0.1) is 2.88 Å². The van der Waals surface area contributed by atoms with Crippen molar-refractivity contribution in [1.29, 1.82) is 0 Å². The Morgan fingerprint density at radius 2 is 2.28 bits per heavy atom. The smallest absolute Gasteiger partial charge is 0.248 e. The molecule has 1 unspecified atom stereocenters. The molecular formula is C12H16IN3OS.